The number of ether oxygens (including phenoxy) is 1. The van der Waals surface area contributed by atoms with E-state index in [2.05, 4.69) is 15.3 Å². The zero-order chi connectivity index (χ0) is 15.1. The van der Waals surface area contributed by atoms with Gasteiger partial charge in [-0.2, -0.15) is 0 Å². The summed E-state index contributed by atoms with van der Waals surface area (Å²) in [5.41, 5.74) is 2.50. The monoisotopic (exact) mass is 299 g/mol. The first kappa shape index (κ1) is 13.4. The van der Waals surface area contributed by atoms with E-state index in [-0.39, 0.29) is 18.1 Å². The second kappa shape index (κ2) is 5.17. The van der Waals surface area contributed by atoms with E-state index in [0.717, 1.165) is 17.8 Å². The van der Waals surface area contributed by atoms with Gasteiger partial charge in [0.05, 0.1) is 36.2 Å². The number of carbonyl (C=O) groups excluding carboxylic acids is 1. The summed E-state index contributed by atoms with van der Waals surface area (Å²) in [7, 11) is 0. The number of aryl methyl sites for hydroxylation is 1. The fraction of sp³-hybridized carbons (Fsp3) is 0.467. The summed E-state index contributed by atoms with van der Waals surface area (Å²) in [5.74, 6) is 0.0122. The van der Waals surface area contributed by atoms with Crippen LogP contribution in [0.25, 0.3) is 0 Å². The molecule has 1 fully saturated rings. The van der Waals surface area contributed by atoms with Gasteiger partial charge in [0.15, 0.2) is 0 Å². The van der Waals surface area contributed by atoms with E-state index >= 15 is 0 Å². The first-order valence-corrected chi connectivity index (χ1v) is 7.45. The Hall–Kier alpha value is -2.28. The molecule has 4 rings (SSSR count). The van der Waals surface area contributed by atoms with Crippen LogP contribution >= 0.6 is 0 Å². The SMILES string of the molecule is Cc1ccc(C(=O)N2CC[C@@H]3OCc4cnnn4[C@@H]3C2)cn1. The van der Waals surface area contributed by atoms with E-state index in [0.29, 0.717) is 25.3 Å². The van der Waals surface area contributed by atoms with Gasteiger partial charge in [-0.15, -0.1) is 5.10 Å². The fourth-order valence-electron chi connectivity index (χ4n) is 3.14. The number of hydrogen-bond acceptors (Lipinski definition) is 5. The average Bonchev–Trinajstić information content (AvgIpc) is 3.03. The van der Waals surface area contributed by atoms with Gasteiger partial charge in [-0.1, -0.05) is 5.21 Å². The van der Waals surface area contributed by atoms with Crippen LogP contribution in [0.4, 0.5) is 0 Å². The van der Waals surface area contributed by atoms with Gasteiger partial charge in [0.2, 0.25) is 0 Å². The van der Waals surface area contributed by atoms with Crippen LogP contribution in [0.2, 0.25) is 0 Å². The zero-order valence-corrected chi connectivity index (χ0v) is 12.3. The van der Waals surface area contributed by atoms with Crippen LogP contribution in [0, 0.1) is 6.92 Å². The second-order valence-corrected chi connectivity index (χ2v) is 5.81. The molecule has 0 radical (unpaired) electrons. The van der Waals surface area contributed by atoms with Gasteiger partial charge in [0.1, 0.15) is 0 Å². The molecule has 2 aromatic heterocycles. The number of carbonyl (C=O) groups is 1. The van der Waals surface area contributed by atoms with Crippen molar-refractivity contribution in [3.8, 4) is 0 Å². The number of fused-ring (bicyclic) bond motifs is 3. The van der Waals surface area contributed by atoms with Gasteiger partial charge in [-0.3, -0.25) is 9.78 Å². The molecule has 2 aliphatic rings. The van der Waals surface area contributed by atoms with E-state index in [1.807, 2.05) is 28.6 Å². The minimum atomic E-state index is 0.0122. The van der Waals surface area contributed by atoms with Crippen molar-refractivity contribution >= 4 is 5.91 Å². The van der Waals surface area contributed by atoms with Crippen molar-refractivity contribution in [2.75, 3.05) is 13.1 Å². The van der Waals surface area contributed by atoms with Crippen LogP contribution in [-0.2, 0) is 11.3 Å². The summed E-state index contributed by atoms with van der Waals surface area (Å²) in [6.45, 7) is 3.74. The lowest BCUT2D eigenvalue weighted by Gasteiger charge is -2.41. The fourth-order valence-corrected chi connectivity index (χ4v) is 3.14. The summed E-state index contributed by atoms with van der Waals surface area (Å²) < 4.78 is 7.77. The van der Waals surface area contributed by atoms with Crippen LogP contribution in [0.5, 0.6) is 0 Å². The molecule has 0 bridgehead atoms. The number of piperidine rings is 1. The quantitative estimate of drug-likeness (QED) is 0.784. The third-order valence-electron chi connectivity index (χ3n) is 4.37. The van der Waals surface area contributed by atoms with Crippen molar-refractivity contribution in [2.45, 2.75) is 32.1 Å². The molecule has 22 heavy (non-hydrogen) atoms. The van der Waals surface area contributed by atoms with Crippen molar-refractivity contribution in [1.82, 2.24) is 24.9 Å². The molecule has 0 saturated carbocycles. The van der Waals surface area contributed by atoms with E-state index in [9.17, 15) is 4.79 Å². The topological polar surface area (TPSA) is 73.1 Å². The molecule has 0 aromatic carbocycles. The Morgan fingerprint density at radius 1 is 1.36 bits per heavy atom. The number of aromatic nitrogens is 4. The molecule has 114 valence electrons. The Labute approximate surface area is 127 Å². The number of likely N-dealkylation sites (tertiary alicyclic amines) is 1. The van der Waals surface area contributed by atoms with E-state index in [4.69, 9.17) is 4.74 Å². The van der Waals surface area contributed by atoms with Gasteiger partial charge in [-0.25, -0.2) is 4.68 Å². The van der Waals surface area contributed by atoms with Crippen LogP contribution in [0.1, 0.15) is 34.2 Å². The maximum atomic E-state index is 12.6. The van der Waals surface area contributed by atoms with Gasteiger partial charge >= 0.3 is 0 Å². The first-order valence-electron chi connectivity index (χ1n) is 7.45. The molecule has 0 aliphatic carbocycles. The van der Waals surface area contributed by atoms with E-state index in [1.165, 1.54) is 0 Å². The smallest absolute Gasteiger partial charge is 0.255 e. The lowest BCUT2D eigenvalue weighted by atomic mass is 10.00. The third-order valence-corrected chi connectivity index (χ3v) is 4.37. The molecule has 7 heteroatoms. The van der Waals surface area contributed by atoms with E-state index in [1.54, 1.807) is 12.4 Å². The van der Waals surface area contributed by atoms with Crippen LogP contribution in [-0.4, -0.2) is 50.0 Å². The highest BCUT2D eigenvalue weighted by molar-refractivity contribution is 5.94. The van der Waals surface area contributed by atoms with Crippen LogP contribution in [0.15, 0.2) is 24.5 Å². The van der Waals surface area contributed by atoms with Crippen molar-refractivity contribution < 1.29 is 9.53 Å². The molecular weight excluding hydrogens is 282 g/mol. The second-order valence-electron chi connectivity index (χ2n) is 5.81. The predicted molar refractivity (Wildman–Crippen MR) is 77.1 cm³/mol. The standard InChI is InChI=1S/C15H17N5O2/c1-10-2-3-11(6-16-10)15(21)19-5-4-14-13(8-19)20-12(9-22-14)7-17-18-20/h2-3,6-7,13-14H,4-5,8-9H2,1H3/t13-,14+/m1/s1. The Kier molecular flexibility index (Phi) is 3.15. The highest BCUT2D eigenvalue weighted by atomic mass is 16.5. The number of hydrogen-bond donors (Lipinski definition) is 0. The van der Waals surface area contributed by atoms with Gasteiger partial charge < -0.3 is 9.64 Å². The van der Waals surface area contributed by atoms with Gasteiger partial charge in [0, 0.05) is 25.0 Å². The molecule has 0 N–H and O–H groups in total. The molecule has 0 spiro atoms. The number of nitrogens with zero attached hydrogens (tertiary/aromatic N) is 5. The Bertz CT molecular complexity index is 696. The van der Waals surface area contributed by atoms with Crippen LogP contribution < -0.4 is 0 Å². The molecule has 2 atom stereocenters. The summed E-state index contributed by atoms with van der Waals surface area (Å²) in [4.78, 5) is 18.7. The zero-order valence-electron chi connectivity index (χ0n) is 12.3. The average molecular weight is 299 g/mol. The maximum absolute atomic E-state index is 12.6. The highest BCUT2D eigenvalue weighted by Gasteiger charge is 2.38. The normalized spacial score (nSPS) is 23.8. The summed E-state index contributed by atoms with van der Waals surface area (Å²) in [5, 5.41) is 8.11. The Morgan fingerprint density at radius 2 is 2.27 bits per heavy atom. The van der Waals surface area contributed by atoms with Gasteiger partial charge in [-0.05, 0) is 25.5 Å². The summed E-state index contributed by atoms with van der Waals surface area (Å²) >= 11 is 0. The molecular formula is C15H17N5O2. The number of rotatable bonds is 1. The van der Waals surface area contributed by atoms with Gasteiger partial charge in [0.25, 0.3) is 5.91 Å². The van der Waals surface area contributed by atoms with Crippen molar-refractivity contribution in [2.24, 2.45) is 0 Å². The lowest BCUT2D eigenvalue weighted by molar-refractivity contribution is -0.0605. The molecule has 1 saturated heterocycles. The molecule has 4 heterocycles. The third kappa shape index (κ3) is 2.18. The number of amides is 1. The number of pyridine rings is 1. The predicted octanol–water partition coefficient (Wildman–Crippen LogP) is 0.968. The largest absolute Gasteiger partial charge is 0.370 e. The summed E-state index contributed by atoms with van der Waals surface area (Å²) in [6, 6.07) is 3.73. The Balaban J connectivity index is 1.56. The van der Waals surface area contributed by atoms with Crippen LogP contribution in [0.3, 0.4) is 0 Å². The van der Waals surface area contributed by atoms with Crippen molar-refractivity contribution in [3.05, 3.63) is 41.5 Å². The molecule has 0 unspecified atom stereocenters. The molecule has 7 nitrogen and oxygen atoms in total. The minimum absolute atomic E-state index is 0.0122. The van der Waals surface area contributed by atoms with Crippen molar-refractivity contribution in [3.63, 3.8) is 0 Å². The molecule has 2 aromatic rings. The van der Waals surface area contributed by atoms with E-state index < -0.39 is 0 Å². The molecule has 1 amide bonds. The Morgan fingerprint density at radius 3 is 3.09 bits per heavy atom. The highest BCUT2D eigenvalue weighted by Crippen LogP contribution is 2.30. The first-order chi connectivity index (χ1) is 10.7. The molecule has 2 aliphatic heterocycles. The lowest BCUT2D eigenvalue weighted by Crippen LogP contribution is -2.49. The summed E-state index contributed by atoms with van der Waals surface area (Å²) in [6.07, 6.45) is 4.28. The minimum Gasteiger partial charge on any atom is -0.370 e. The van der Waals surface area contributed by atoms with Crippen molar-refractivity contribution in [1.29, 1.82) is 0 Å². The maximum Gasteiger partial charge on any atom is 0.255 e.